The molecule has 0 bridgehead atoms. The first kappa shape index (κ1) is 11.9. The van der Waals surface area contributed by atoms with Crippen LogP contribution in [0.2, 0.25) is 0 Å². The molecule has 2 aliphatic rings. The number of hydrogen-bond donors (Lipinski definition) is 1. The number of piperazine rings is 1. The first-order valence-electron chi connectivity index (χ1n) is 6.16. The van der Waals surface area contributed by atoms with E-state index in [9.17, 15) is 8.42 Å². The fraction of sp³-hybridized carbons (Fsp3) is 0.385. The van der Waals surface area contributed by atoms with Crippen molar-refractivity contribution in [3.63, 3.8) is 0 Å². The van der Waals surface area contributed by atoms with E-state index in [-0.39, 0.29) is 0 Å². The van der Waals surface area contributed by atoms with Crippen molar-refractivity contribution in [1.82, 2.24) is 10.2 Å². The van der Waals surface area contributed by atoms with Crippen molar-refractivity contribution in [2.45, 2.75) is 4.90 Å². The smallest absolute Gasteiger partial charge is 0.204 e. The Kier molecular flexibility index (Phi) is 2.97. The third-order valence-electron chi connectivity index (χ3n) is 3.46. The van der Waals surface area contributed by atoms with Gasteiger partial charge in [-0.15, -0.1) is 0 Å². The Morgan fingerprint density at radius 1 is 1.17 bits per heavy atom. The highest BCUT2D eigenvalue weighted by Gasteiger charge is 2.30. The van der Waals surface area contributed by atoms with Crippen LogP contribution in [0.4, 0.5) is 0 Å². The van der Waals surface area contributed by atoms with Crippen molar-refractivity contribution >= 4 is 15.9 Å². The van der Waals surface area contributed by atoms with Gasteiger partial charge in [-0.1, -0.05) is 18.2 Å². The van der Waals surface area contributed by atoms with Gasteiger partial charge in [0.2, 0.25) is 9.84 Å². The lowest BCUT2D eigenvalue weighted by molar-refractivity contribution is 0.263. The van der Waals surface area contributed by atoms with E-state index in [4.69, 9.17) is 0 Å². The quantitative estimate of drug-likeness (QED) is 0.855. The van der Waals surface area contributed by atoms with E-state index >= 15 is 0 Å². The molecule has 0 unspecified atom stereocenters. The minimum Gasteiger partial charge on any atom is -0.314 e. The Hall–Kier alpha value is -1.17. The molecule has 96 valence electrons. The summed E-state index contributed by atoms with van der Waals surface area (Å²) in [6.45, 7) is 4.20. The molecule has 0 saturated carbocycles. The van der Waals surface area contributed by atoms with Gasteiger partial charge in [0, 0.05) is 32.7 Å². The van der Waals surface area contributed by atoms with E-state index in [0.717, 1.165) is 31.7 Å². The largest absolute Gasteiger partial charge is 0.314 e. The molecule has 4 nitrogen and oxygen atoms in total. The predicted molar refractivity (Wildman–Crippen MR) is 70.9 cm³/mol. The van der Waals surface area contributed by atoms with Crippen LogP contribution in [0.15, 0.2) is 34.1 Å². The summed E-state index contributed by atoms with van der Waals surface area (Å²) in [5.41, 5.74) is 0.822. The lowest BCUT2D eigenvalue weighted by atomic mass is 10.2. The van der Waals surface area contributed by atoms with E-state index in [0.29, 0.717) is 16.3 Å². The van der Waals surface area contributed by atoms with Crippen molar-refractivity contribution in [2.75, 3.05) is 32.7 Å². The zero-order chi connectivity index (χ0) is 12.6. The van der Waals surface area contributed by atoms with Crippen LogP contribution in [0, 0.1) is 0 Å². The zero-order valence-electron chi connectivity index (χ0n) is 10.1. The van der Waals surface area contributed by atoms with E-state index in [1.165, 1.54) is 0 Å². The second kappa shape index (κ2) is 4.50. The Morgan fingerprint density at radius 2 is 1.89 bits per heavy atom. The molecule has 18 heavy (non-hydrogen) atoms. The summed E-state index contributed by atoms with van der Waals surface area (Å²) in [5.74, 6) is 0. The molecule has 5 heteroatoms. The van der Waals surface area contributed by atoms with E-state index in [1.807, 2.05) is 18.2 Å². The zero-order valence-corrected chi connectivity index (χ0v) is 10.9. The molecule has 1 aromatic rings. The Morgan fingerprint density at radius 3 is 2.61 bits per heavy atom. The van der Waals surface area contributed by atoms with Crippen LogP contribution >= 0.6 is 0 Å². The summed E-state index contributed by atoms with van der Waals surface area (Å²) in [6.07, 6.45) is 1.81. The van der Waals surface area contributed by atoms with Crippen molar-refractivity contribution in [1.29, 1.82) is 0 Å². The molecule has 0 aliphatic carbocycles. The SMILES string of the molecule is O=S1(=O)C(CN2CCNCC2)=Cc2ccccc21. The molecule has 0 atom stereocenters. The van der Waals surface area contributed by atoms with E-state index < -0.39 is 9.84 Å². The third-order valence-corrected chi connectivity index (χ3v) is 5.35. The molecule has 2 aliphatic heterocycles. The van der Waals surface area contributed by atoms with Crippen LogP contribution in [0.25, 0.3) is 6.08 Å². The lowest BCUT2D eigenvalue weighted by Crippen LogP contribution is -2.44. The van der Waals surface area contributed by atoms with Crippen molar-refractivity contribution in [3.05, 3.63) is 34.7 Å². The predicted octanol–water partition coefficient (Wildman–Crippen LogP) is 0.720. The number of hydrogen-bond acceptors (Lipinski definition) is 4. The van der Waals surface area contributed by atoms with Crippen LogP contribution in [0.1, 0.15) is 5.56 Å². The molecular formula is C13H16N2O2S. The fourth-order valence-corrected chi connectivity index (χ4v) is 4.07. The normalized spacial score (nSPS) is 22.6. The maximum atomic E-state index is 12.3. The van der Waals surface area contributed by atoms with Gasteiger partial charge in [-0.05, 0) is 17.7 Å². The highest BCUT2D eigenvalue weighted by atomic mass is 32.2. The second-order valence-electron chi connectivity index (χ2n) is 4.68. The number of rotatable bonds is 2. The molecule has 1 aromatic carbocycles. The fourth-order valence-electron chi connectivity index (χ4n) is 2.46. The first-order valence-corrected chi connectivity index (χ1v) is 7.64. The minimum atomic E-state index is -3.25. The van der Waals surface area contributed by atoms with Crippen molar-refractivity contribution in [3.8, 4) is 0 Å². The van der Waals surface area contributed by atoms with Crippen LogP contribution < -0.4 is 5.32 Å². The van der Waals surface area contributed by atoms with Gasteiger partial charge in [0.05, 0.1) is 9.80 Å². The third kappa shape index (κ3) is 1.98. The summed E-state index contributed by atoms with van der Waals surface area (Å²) in [5, 5.41) is 3.27. The lowest BCUT2D eigenvalue weighted by Gasteiger charge is -2.27. The van der Waals surface area contributed by atoms with Crippen LogP contribution in [0.3, 0.4) is 0 Å². The van der Waals surface area contributed by atoms with Gasteiger partial charge in [-0.25, -0.2) is 8.42 Å². The molecule has 0 radical (unpaired) electrons. The maximum Gasteiger partial charge on any atom is 0.204 e. The van der Waals surface area contributed by atoms with E-state index in [2.05, 4.69) is 10.2 Å². The van der Waals surface area contributed by atoms with Crippen molar-refractivity contribution in [2.24, 2.45) is 0 Å². The van der Waals surface area contributed by atoms with Gasteiger partial charge >= 0.3 is 0 Å². The molecule has 1 saturated heterocycles. The van der Waals surface area contributed by atoms with Crippen LogP contribution in [0.5, 0.6) is 0 Å². The Labute approximate surface area is 107 Å². The monoisotopic (exact) mass is 264 g/mol. The average Bonchev–Trinajstić information content (AvgIpc) is 2.63. The summed E-state index contributed by atoms with van der Waals surface area (Å²) in [4.78, 5) is 3.17. The summed E-state index contributed by atoms with van der Waals surface area (Å²) >= 11 is 0. The summed E-state index contributed by atoms with van der Waals surface area (Å²) in [6, 6.07) is 7.19. The van der Waals surface area contributed by atoms with Gasteiger partial charge in [-0.3, -0.25) is 4.90 Å². The number of nitrogens with zero attached hydrogens (tertiary/aromatic N) is 1. The Bertz CT molecular complexity index is 587. The number of fused-ring (bicyclic) bond motifs is 1. The second-order valence-corrected chi connectivity index (χ2v) is 6.65. The highest BCUT2D eigenvalue weighted by molar-refractivity contribution is 7.95. The van der Waals surface area contributed by atoms with Gasteiger partial charge < -0.3 is 5.32 Å². The standard InChI is InChI=1S/C13H16N2O2S/c16-18(17)12(10-15-7-5-14-6-8-15)9-11-3-1-2-4-13(11)18/h1-4,9,14H,5-8,10H2. The molecule has 1 N–H and O–H groups in total. The molecule has 2 heterocycles. The average molecular weight is 264 g/mol. The van der Waals surface area contributed by atoms with Gasteiger partial charge in [0.1, 0.15) is 0 Å². The Balaban J connectivity index is 1.86. The molecule has 0 spiro atoms. The summed E-state index contributed by atoms with van der Waals surface area (Å²) in [7, 11) is -3.25. The molecule has 3 rings (SSSR count). The summed E-state index contributed by atoms with van der Waals surface area (Å²) < 4.78 is 24.7. The number of nitrogens with one attached hydrogen (secondary N) is 1. The molecule has 1 fully saturated rings. The van der Waals surface area contributed by atoms with Gasteiger partial charge in [-0.2, -0.15) is 0 Å². The maximum absolute atomic E-state index is 12.3. The highest BCUT2D eigenvalue weighted by Crippen LogP contribution is 2.32. The first-order chi connectivity index (χ1) is 8.68. The van der Waals surface area contributed by atoms with Crippen molar-refractivity contribution < 1.29 is 8.42 Å². The van der Waals surface area contributed by atoms with Gasteiger partial charge in [0.25, 0.3) is 0 Å². The van der Waals surface area contributed by atoms with Crippen LogP contribution in [-0.4, -0.2) is 46.0 Å². The molecular weight excluding hydrogens is 248 g/mol. The molecule has 0 aromatic heterocycles. The van der Waals surface area contributed by atoms with E-state index in [1.54, 1.807) is 12.1 Å². The minimum absolute atomic E-state index is 0.454. The topological polar surface area (TPSA) is 49.4 Å². The number of benzene rings is 1. The molecule has 0 amide bonds. The van der Waals surface area contributed by atoms with Crippen LogP contribution in [-0.2, 0) is 9.84 Å². The number of sulfone groups is 1. The van der Waals surface area contributed by atoms with Gasteiger partial charge in [0.15, 0.2) is 0 Å².